The van der Waals surface area contributed by atoms with Gasteiger partial charge in [-0.1, -0.05) is 11.8 Å². The fraction of sp³-hybridized carbons (Fsp3) is 0.250. The summed E-state index contributed by atoms with van der Waals surface area (Å²) in [7, 11) is 3.07. The van der Waals surface area contributed by atoms with Crippen molar-refractivity contribution in [2.75, 3.05) is 19.1 Å². The number of ether oxygens (including phenoxy) is 2. The molecule has 0 fully saturated rings. The Morgan fingerprint density at radius 1 is 1.23 bits per heavy atom. The Morgan fingerprint density at radius 2 is 2.00 bits per heavy atom. The number of methoxy groups -OCH3 is 1. The van der Waals surface area contributed by atoms with Gasteiger partial charge in [0.2, 0.25) is 5.95 Å². The zero-order chi connectivity index (χ0) is 22.6. The van der Waals surface area contributed by atoms with Crippen LogP contribution in [0.15, 0.2) is 46.9 Å². The number of benzene rings is 1. The van der Waals surface area contributed by atoms with Gasteiger partial charge in [0, 0.05) is 12.4 Å². The summed E-state index contributed by atoms with van der Waals surface area (Å²) in [5.74, 6) is 6.17. The van der Waals surface area contributed by atoms with E-state index in [1.807, 2.05) is 24.3 Å². The summed E-state index contributed by atoms with van der Waals surface area (Å²) in [5.41, 5.74) is 0.182. The lowest BCUT2D eigenvalue weighted by Gasteiger charge is -2.24. The number of carbonyl (C=O) groups is 1. The fourth-order valence-corrected chi connectivity index (χ4v) is 2.62. The van der Waals surface area contributed by atoms with Crippen LogP contribution in [0.4, 0.5) is 15.0 Å². The van der Waals surface area contributed by atoms with Crippen molar-refractivity contribution in [3.8, 4) is 17.6 Å². The number of furan rings is 1. The first-order valence-electron chi connectivity index (χ1n) is 9.55. The summed E-state index contributed by atoms with van der Waals surface area (Å²) in [6.07, 6.45) is 2.63. The summed E-state index contributed by atoms with van der Waals surface area (Å²) in [4.78, 5) is 17.0. The van der Waals surface area contributed by atoms with Gasteiger partial charge in [-0.15, -0.1) is 0 Å². The van der Waals surface area contributed by atoms with E-state index in [0.717, 1.165) is 21.6 Å². The van der Waals surface area contributed by atoms with Crippen molar-refractivity contribution in [3.05, 3.63) is 59.7 Å². The molecule has 0 spiro atoms. The number of hydrogen-bond acceptors (Lipinski definition) is 5. The van der Waals surface area contributed by atoms with Gasteiger partial charge < -0.3 is 13.9 Å². The van der Waals surface area contributed by atoms with E-state index in [1.165, 1.54) is 19.2 Å². The molecule has 2 heterocycles. The third-order valence-corrected chi connectivity index (χ3v) is 4.13. The van der Waals surface area contributed by atoms with Gasteiger partial charge in [-0.2, -0.15) is 4.39 Å². The third-order valence-electron chi connectivity index (χ3n) is 4.13. The maximum atomic E-state index is 14.3. The second kappa shape index (κ2) is 8.92. The van der Waals surface area contributed by atoms with E-state index < -0.39 is 17.6 Å². The summed E-state index contributed by atoms with van der Waals surface area (Å²) in [5, 5.41) is 0.909. The highest BCUT2D eigenvalue weighted by atomic mass is 19.1. The second-order valence-corrected chi connectivity index (χ2v) is 7.70. The standard InChI is InChI=1S/C24H23FN2O4/c1-24(2,3)31-23(28)27(4)21-13-10-16(22(25)26-21)8-6-7-9-19-15-17-14-18(29-5)11-12-20(17)30-19/h7,9-15H,1-5H3/b9-7+. The molecule has 3 aromatic rings. The van der Waals surface area contributed by atoms with Crippen LogP contribution in [0, 0.1) is 17.8 Å². The molecule has 0 bridgehead atoms. The van der Waals surface area contributed by atoms with Crippen LogP contribution in [0.2, 0.25) is 0 Å². The maximum Gasteiger partial charge on any atom is 0.415 e. The predicted molar refractivity (Wildman–Crippen MR) is 118 cm³/mol. The number of aromatic nitrogens is 1. The smallest absolute Gasteiger partial charge is 0.415 e. The van der Waals surface area contributed by atoms with Crippen LogP contribution in [-0.4, -0.2) is 30.8 Å². The van der Waals surface area contributed by atoms with Gasteiger partial charge in [0.1, 0.15) is 28.5 Å². The summed E-state index contributed by atoms with van der Waals surface area (Å²) in [6.45, 7) is 5.25. The number of nitrogens with zero attached hydrogens (tertiary/aromatic N) is 2. The molecule has 0 aliphatic heterocycles. The largest absolute Gasteiger partial charge is 0.497 e. The van der Waals surface area contributed by atoms with Crippen LogP contribution in [0.5, 0.6) is 5.75 Å². The molecular formula is C24H23FN2O4. The number of carbonyl (C=O) groups excluding carboxylic acids is 1. The molecule has 2 aromatic heterocycles. The molecule has 1 amide bonds. The van der Waals surface area contributed by atoms with E-state index >= 15 is 0 Å². The van der Waals surface area contributed by atoms with E-state index in [2.05, 4.69) is 16.8 Å². The number of pyridine rings is 1. The zero-order valence-corrected chi connectivity index (χ0v) is 18.0. The number of hydrogen-bond donors (Lipinski definition) is 0. The molecule has 0 unspecified atom stereocenters. The van der Waals surface area contributed by atoms with Gasteiger partial charge in [0.25, 0.3) is 0 Å². The van der Waals surface area contributed by atoms with Gasteiger partial charge in [-0.05, 0) is 69.3 Å². The van der Waals surface area contributed by atoms with Crippen molar-refractivity contribution in [3.63, 3.8) is 0 Å². The van der Waals surface area contributed by atoms with Crippen LogP contribution in [0.1, 0.15) is 32.1 Å². The molecule has 6 nitrogen and oxygen atoms in total. The Labute approximate surface area is 180 Å². The zero-order valence-electron chi connectivity index (χ0n) is 18.0. The maximum absolute atomic E-state index is 14.3. The van der Waals surface area contributed by atoms with Gasteiger partial charge in [0.15, 0.2) is 0 Å². The van der Waals surface area contributed by atoms with E-state index in [-0.39, 0.29) is 11.4 Å². The fourth-order valence-electron chi connectivity index (χ4n) is 2.62. The average Bonchev–Trinajstić information content (AvgIpc) is 3.12. The number of amides is 1. The van der Waals surface area contributed by atoms with E-state index in [1.54, 1.807) is 40.0 Å². The number of halogens is 1. The van der Waals surface area contributed by atoms with Gasteiger partial charge in [-0.3, -0.25) is 4.90 Å². The Kier molecular flexibility index (Phi) is 6.30. The van der Waals surface area contributed by atoms with E-state index in [0.29, 0.717) is 5.76 Å². The second-order valence-electron chi connectivity index (χ2n) is 7.70. The molecule has 0 atom stereocenters. The first-order valence-corrected chi connectivity index (χ1v) is 9.55. The van der Waals surface area contributed by atoms with Gasteiger partial charge in [-0.25, -0.2) is 9.78 Å². The van der Waals surface area contributed by atoms with Crippen LogP contribution < -0.4 is 9.64 Å². The Morgan fingerprint density at radius 3 is 2.68 bits per heavy atom. The van der Waals surface area contributed by atoms with Crippen molar-refractivity contribution in [1.29, 1.82) is 0 Å². The molecule has 31 heavy (non-hydrogen) atoms. The summed E-state index contributed by atoms with van der Waals surface area (Å²) >= 11 is 0. The van der Waals surface area contributed by atoms with Gasteiger partial charge >= 0.3 is 6.09 Å². The predicted octanol–water partition coefficient (Wildman–Crippen LogP) is 5.41. The van der Waals surface area contributed by atoms with Crippen LogP contribution >= 0.6 is 0 Å². The molecule has 0 N–H and O–H groups in total. The quantitative estimate of drug-likeness (QED) is 0.417. The van der Waals surface area contributed by atoms with E-state index in [9.17, 15) is 9.18 Å². The molecule has 0 aliphatic carbocycles. The molecular weight excluding hydrogens is 399 g/mol. The minimum atomic E-state index is -0.773. The molecule has 7 heteroatoms. The minimum absolute atomic E-state index is 0.111. The third kappa shape index (κ3) is 5.64. The Balaban J connectivity index is 1.70. The van der Waals surface area contributed by atoms with E-state index in [4.69, 9.17) is 13.9 Å². The normalized spacial score (nSPS) is 11.3. The monoisotopic (exact) mass is 422 g/mol. The SMILES string of the molecule is COc1ccc2oc(/C=C/C#Cc3ccc(N(C)C(=O)OC(C)(C)C)nc3F)cc2c1. The highest BCUT2D eigenvalue weighted by Gasteiger charge is 2.21. The number of fused-ring (bicyclic) bond motifs is 1. The highest BCUT2D eigenvalue weighted by molar-refractivity contribution is 5.86. The molecule has 0 radical (unpaired) electrons. The number of anilines is 1. The number of allylic oxidation sites excluding steroid dienone is 1. The topological polar surface area (TPSA) is 64.8 Å². The summed E-state index contributed by atoms with van der Waals surface area (Å²) < 4.78 is 30.5. The minimum Gasteiger partial charge on any atom is -0.497 e. The molecule has 0 saturated heterocycles. The molecule has 160 valence electrons. The van der Waals surface area contributed by atoms with Crippen LogP contribution in [0.3, 0.4) is 0 Å². The highest BCUT2D eigenvalue weighted by Crippen LogP contribution is 2.24. The van der Waals surface area contributed by atoms with Crippen molar-refractivity contribution in [2.24, 2.45) is 0 Å². The first-order chi connectivity index (χ1) is 14.7. The van der Waals surface area contributed by atoms with Crippen molar-refractivity contribution < 1.29 is 23.1 Å². The lowest BCUT2D eigenvalue weighted by molar-refractivity contribution is 0.0588. The number of rotatable bonds is 3. The van der Waals surface area contributed by atoms with Crippen LogP contribution in [-0.2, 0) is 4.74 Å². The molecule has 3 rings (SSSR count). The average molecular weight is 422 g/mol. The van der Waals surface area contributed by atoms with Crippen molar-refractivity contribution in [1.82, 2.24) is 4.98 Å². The Bertz CT molecular complexity index is 1200. The Hall–Kier alpha value is -3.79. The van der Waals surface area contributed by atoms with Crippen LogP contribution in [0.25, 0.3) is 17.0 Å². The lowest BCUT2D eigenvalue weighted by atomic mass is 10.2. The van der Waals surface area contributed by atoms with Gasteiger partial charge in [0.05, 0.1) is 12.7 Å². The lowest BCUT2D eigenvalue weighted by Crippen LogP contribution is -2.34. The first kappa shape index (κ1) is 21.9. The van der Waals surface area contributed by atoms with Crippen molar-refractivity contribution >= 4 is 29.0 Å². The molecule has 0 saturated carbocycles. The molecule has 0 aliphatic rings. The summed E-state index contributed by atoms with van der Waals surface area (Å²) in [6, 6.07) is 10.4. The van der Waals surface area contributed by atoms with Crippen molar-refractivity contribution in [2.45, 2.75) is 26.4 Å². The molecule has 1 aromatic carbocycles.